The Balaban J connectivity index is 1.96. The first-order valence-electron chi connectivity index (χ1n) is 7.61. The van der Waals surface area contributed by atoms with E-state index in [2.05, 4.69) is 16.9 Å². The van der Waals surface area contributed by atoms with Crippen molar-refractivity contribution in [1.29, 1.82) is 0 Å². The lowest BCUT2D eigenvalue weighted by Gasteiger charge is -2.27. The number of rotatable bonds is 4. The summed E-state index contributed by atoms with van der Waals surface area (Å²) in [5, 5.41) is 2.62. The van der Waals surface area contributed by atoms with Crippen LogP contribution >= 0.6 is 12.2 Å². The molecule has 5 nitrogen and oxygen atoms in total. The first-order valence-corrected chi connectivity index (χ1v) is 8.02. The Kier molecular flexibility index (Phi) is 4.81. The SMILES string of the molecule is C=CCN1C(=O)C(=Cc2cccc(-c3ccccn3)c2)C(=O)NC1=S. The largest absolute Gasteiger partial charge is 0.298 e. The number of thiocarbonyl (C=S) groups is 1. The lowest BCUT2D eigenvalue weighted by atomic mass is 10.0. The van der Waals surface area contributed by atoms with Crippen LogP contribution in [0, 0.1) is 0 Å². The highest BCUT2D eigenvalue weighted by molar-refractivity contribution is 7.80. The molecule has 6 heteroatoms. The van der Waals surface area contributed by atoms with Crippen molar-refractivity contribution in [1.82, 2.24) is 15.2 Å². The maximum absolute atomic E-state index is 12.5. The fourth-order valence-corrected chi connectivity index (χ4v) is 2.73. The summed E-state index contributed by atoms with van der Waals surface area (Å²) in [4.78, 5) is 30.3. The molecule has 2 aromatic rings. The third-order valence-corrected chi connectivity index (χ3v) is 3.98. The van der Waals surface area contributed by atoms with E-state index >= 15 is 0 Å². The first kappa shape index (κ1) is 16.7. The van der Waals surface area contributed by atoms with E-state index in [1.807, 2.05) is 42.5 Å². The average molecular weight is 349 g/mol. The minimum absolute atomic E-state index is 0.0358. The highest BCUT2D eigenvalue weighted by Crippen LogP contribution is 2.20. The predicted octanol–water partition coefficient (Wildman–Crippen LogP) is 2.56. The normalized spacial score (nSPS) is 16.1. The molecule has 0 aliphatic carbocycles. The summed E-state index contributed by atoms with van der Waals surface area (Å²) in [5.41, 5.74) is 2.48. The predicted molar refractivity (Wildman–Crippen MR) is 100 cm³/mol. The molecule has 124 valence electrons. The second-order valence-corrected chi connectivity index (χ2v) is 5.75. The van der Waals surface area contributed by atoms with Crippen LogP contribution in [0.1, 0.15) is 5.56 Å². The van der Waals surface area contributed by atoms with Crippen LogP contribution in [0.4, 0.5) is 0 Å². The van der Waals surface area contributed by atoms with Crippen molar-refractivity contribution in [3.8, 4) is 11.3 Å². The number of nitrogens with one attached hydrogen (secondary N) is 1. The van der Waals surface area contributed by atoms with E-state index in [-0.39, 0.29) is 17.2 Å². The molecule has 0 bridgehead atoms. The molecule has 3 rings (SSSR count). The summed E-state index contributed by atoms with van der Waals surface area (Å²) in [6.07, 6.45) is 4.83. The molecule has 1 aromatic carbocycles. The van der Waals surface area contributed by atoms with E-state index in [0.717, 1.165) is 16.8 Å². The second-order valence-electron chi connectivity index (χ2n) is 5.36. The molecule has 0 radical (unpaired) electrons. The summed E-state index contributed by atoms with van der Waals surface area (Å²) in [6.45, 7) is 3.84. The van der Waals surface area contributed by atoms with Gasteiger partial charge in [0.2, 0.25) is 0 Å². The van der Waals surface area contributed by atoms with Gasteiger partial charge in [0, 0.05) is 18.3 Å². The molecule has 2 amide bonds. The number of amides is 2. The van der Waals surface area contributed by atoms with E-state index in [9.17, 15) is 9.59 Å². The molecular weight excluding hydrogens is 334 g/mol. The molecule has 1 aromatic heterocycles. The van der Waals surface area contributed by atoms with Crippen molar-refractivity contribution in [3.05, 3.63) is 72.5 Å². The van der Waals surface area contributed by atoms with E-state index in [0.29, 0.717) is 0 Å². The van der Waals surface area contributed by atoms with Crippen LogP contribution in [-0.4, -0.2) is 33.4 Å². The zero-order valence-corrected chi connectivity index (χ0v) is 14.1. The highest BCUT2D eigenvalue weighted by atomic mass is 32.1. The monoisotopic (exact) mass is 349 g/mol. The number of carbonyl (C=O) groups excluding carboxylic acids is 2. The molecule has 1 N–H and O–H groups in total. The van der Waals surface area contributed by atoms with Crippen molar-refractivity contribution in [2.45, 2.75) is 0 Å². The highest BCUT2D eigenvalue weighted by Gasteiger charge is 2.32. The van der Waals surface area contributed by atoms with Crippen LogP contribution in [0.5, 0.6) is 0 Å². The van der Waals surface area contributed by atoms with Gasteiger partial charge in [-0.3, -0.25) is 24.8 Å². The molecule has 0 unspecified atom stereocenters. The van der Waals surface area contributed by atoms with Gasteiger partial charge < -0.3 is 0 Å². The molecule has 0 atom stereocenters. The van der Waals surface area contributed by atoms with Crippen LogP contribution in [0.15, 0.2) is 66.9 Å². The molecule has 1 aliphatic heterocycles. The first-order chi connectivity index (χ1) is 12.1. The number of nitrogens with zero attached hydrogens (tertiary/aromatic N) is 2. The Morgan fingerprint density at radius 3 is 2.76 bits per heavy atom. The van der Waals surface area contributed by atoms with E-state index < -0.39 is 11.8 Å². The number of benzene rings is 1. The maximum atomic E-state index is 12.5. The number of hydrogen-bond donors (Lipinski definition) is 1. The van der Waals surface area contributed by atoms with Gasteiger partial charge in [-0.15, -0.1) is 6.58 Å². The smallest absolute Gasteiger partial charge is 0.265 e. The molecule has 25 heavy (non-hydrogen) atoms. The molecule has 2 heterocycles. The maximum Gasteiger partial charge on any atom is 0.265 e. The molecule has 0 saturated carbocycles. The van der Waals surface area contributed by atoms with Gasteiger partial charge in [0.25, 0.3) is 11.8 Å². The summed E-state index contributed by atoms with van der Waals surface area (Å²) in [6, 6.07) is 13.1. The van der Waals surface area contributed by atoms with Crippen molar-refractivity contribution < 1.29 is 9.59 Å². The minimum atomic E-state index is -0.501. The number of carbonyl (C=O) groups is 2. The molecule has 1 aliphatic rings. The van der Waals surface area contributed by atoms with Gasteiger partial charge in [-0.1, -0.05) is 30.3 Å². The summed E-state index contributed by atoms with van der Waals surface area (Å²) in [7, 11) is 0. The number of hydrogen-bond acceptors (Lipinski definition) is 4. The Labute approximate surface area is 150 Å². The number of pyridine rings is 1. The van der Waals surface area contributed by atoms with E-state index in [1.165, 1.54) is 4.90 Å². The minimum Gasteiger partial charge on any atom is -0.298 e. The zero-order valence-electron chi connectivity index (χ0n) is 13.3. The fourth-order valence-electron chi connectivity index (χ4n) is 2.48. The van der Waals surface area contributed by atoms with E-state index in [1.54, 1.807) is 18.3 Å². The zero-order chi connectivity index (χ0) is 17.8. The van der Waals surface area contributed by atoms with Crippen molar-refractivity contribution in [2.24, 2.45) is 0 Å². The average Bonchev–Trinajstić information content (AvgIpc) is 2.63. The molecule has 0 spiro atoms. The van der Waals surface area contributed by atoms with Gasteiger partial charge in [0.1, 0.15) is 5.57 Å². The Hall–Kier alpha value is -3.12. The lowest BCUT2D eigenvalue weighted by Crippen LogP contribution is -2.53. The summed E-state index contributed by atoms with van der Waals surface area (Å²) in [5.74, 6) is -0.935. The fraction of sp³-hybridized carbons (Fsp3) is 0.0526. The topological polar surface area (TPSA) is 62.3 Å². The number of aromatic nitrogens is 1. The van der Waals surface area contributed by atoms with Crippen LogP contribution in [0.3, 0.4) is 0 Å². The van der Waals surface area contributed by atoms with Crippen molar-refractivity contribution >= 4 is 35.2 Å². The van der Waals surface area contributed by atoms with Crippen LogP contribution in [-0.2, 0) is 9.59 Å². The van der Waals surface area contributed by atoms with Crippen LogP contribution in [0.25, 0.3) is 17.3 Å². The Morgan fingerprint density at radius 2 is 2.04 bits per heavy atom. The van der Waals surface area contributed by atoms with Gasteiger partial charge in [-0.05, 0) is 42.1 Å². The molecular formula is C19H15N3O2S. The van der Waals surface area contributed by atoms with Crippen molar-refractivity contribution in [2.75, 3.05) is 6.54 Å². The van der Waals surface area contributed by atoms with Crippen LogP contribution in [0.2, 0.25) is 0 Å². The van der Waals surface area contributed by atoms with Gasteiger partial charge in [-0.2, -0.15) is 0 Å². The third kappa shape index (κ3) is 3.54. The summed E-state index contributed by atoms with van der Waals surface area (Å²) < 4.78 is 0. The third-order valence-electron chi connectivity index (χ3n) is 3.66. The van der Waals surface area contributed by atoms with Crippen molar-refractivity contribution in [3.63, 3.8) is 0 Å². The second kappa shape index (κ2) is 7.19. The molecule has 1 fully saturated rings. The quantitative estimate of drug-likeness (QED) is 0.399. The van der Waals surface area contributed by atoms with Gasteiger partial charge >= 0.3 is 0 Å². The Bertz CT molecular complexity index is 891. The van der Waals surface area contributed by atoms with E-state index in [4.69, 9.17) is 12.2 Å². The lowest BCUT2D eigenvalue weighted by molar-refractivity contribution is -0.128. The van der Waals surface area contributed by atoms with Crippen LogP contribution < -0.4 is 5.32 Å². The van der Waals surface area contributed by atoms with Gasteiger partial charge in [0.15, 0.2) is 5.11 Å². The van der Waals surface area contributed by atoms with Gasteiger partial charge in [0.05, 0.1) is 5.69 Å². The standard InChI is InChI=1S/C19H15N3O2S/c1-2-10-22-18(24)15(17(23)21-19(22)25)12-13-6-5-7-14(11-13)16-8-3-4-9-20-16/h2-9,11-12H,1,10H2,(H,21,23,25). The van der Waals surface area contributed by atoms with Gasteiger partial charge in [-0.25, -0.2) is 0 Å². The Morgan fingerprint density at radius 1 is 1.20 bits per heavy atom. The summed E-state index contributed by atoms with van der Waals surface area (Å²) >= 11 is 5.04. The molecule has 1 saturated heterocycles.